The minimum Gasteiger partial charge on any atom is -0.450 e. The average molecular weight is 515 g/mol. The Hall–Kier alpha value is -5.49. The van der Waals surface area contributed by atoms with E-state index in [0.717, 1.165) is 0 Å². The maximum Gasteiger partial charge on any atom is 0.264 e. The lowest BCUT2D eigenvalue weighted by atomic mass is 10.0. The topological polar surface area (TPSA) is 107 Å². The molecule has 1 atom stereocenters. The number of para-hydroxylation sites is 1. The van der Waals surface area contributed by atoms with E-state index in [9.17, 15) is 9.59 Å². The van der Waals surface area contributed by atoms with Crippen LogP contribution in [0.15, 0.2) is 94.9 Å². The Labute approximate surface area is 222 Å². The second-order valence-electron chi connectivity index (χ2n) is 8.98. The zero-order chi connectivity index (χ0) is 26.9. The molecule has 0 radical (unpaired) electrons. The molecular formula is C30H22N6O3. The van der Waals surface area contributed by atoms with Crippen molar-refractivity contribution >= 4 is 22.3 Å². The fourth-order valence-electron chi connectivity index (χ4n) is 4.66. The number of hydrogen-bond donors (Lipinski definition) is 1. The first-order valence-electron chi connectivity index (χ1n) is 12.3. The van der Waals surface area contributed by atoms with E-state index in [2.05, 4.69) is 32.2 Å². The monoisotopic (exact) mass is 514 g/mol. The molecule has 190 valence electrons. The maximum absolute atomic E-state index is 14.1. The summed E-state index contributed by atoms with van der Waals surface area (Å²) in [5.41, 5.74) is 3.52. The third-order valence-electron chi connectivity index (χ3n) is 6.44. The molecule has 0 aliphatic rings. The standard InChI is InChI=1S/C30H22N6O3/c1-19(33-29(37)26-20(2)34-35-15-7-14-31-28(26)35)25-16-22-9-6-8-21(12-13-23-17-39-18-32-23)27(22)30(38)36(25)24-10-4-3-5-11-24/h3-11,14-19H,1-2H3,(H,33,37)/t19-/m1/s1. The number of nitrogens with zero attached hydrogens (tertiary/aromatic N) is 5. The van der Waals surface area contributed by atoms with Crippen LogP contribution < -0.4 is 10.9 Å². The lowest BCUT2D eigenvalue weighted by Crippen LogP contribution is -2.32. The summed E-state index contributed by atoms with van der Waals surface area (Å²) in [5.74, 6) is 5.68. The largest absolute Gasteiger partial charge is 0.450 e. The molecule has 6 rings (SSSR count). The summed E-state index contributed by atoms with van der Waals surface area (Å²) in [6.07, 6.45) is 6.12. The lowest BCUT2D eigenvalue weighted by molar-refractivity contribution is 0.0939. The molecule has 0 fully saturated rings. The van der Waals surface area contributed by atoms with Gasteiger partial charge in [0.25, 0.3) is 11.5 Å². The van der Waals surface area contributed by atoms with Crippen LogP contribution in [0.5, 0.6) is 0 Å². The second kappa shape index (κ2) is 9.76. The van der Waals surface area contributed by atoms with Crippen molar-refractivity contribution in [1.82, 2.24) is 29.5 Å². The molecule has 4 heterocycles. The van der Waals surface area contributed by atoms with Crippen LogP contribution in [0.4, 0.5) is 0 Å². The zero-order valence-electron chi connectivity index (χ0n) is 21.1. The molecule has 0 spiro atoms. The number of carbonyl (C=O) groups is 1. The Balaban J connectivity index is 1.48. The van der Waals surface area contributed by atoms with Gasteiger partial charge in [0, 0.05) is 29.3 Å². The third kappa shape index (κ3) is 4.34. The zero-order valence-corrected chi connectivity index (χ0v) is 21.1. The van der Waals surface area contributed by atoms with E-state index < -0.39 is 6.04 Å². The molecule has 1 N–H and O–H groups in total. The van der Waals surface area contributed by atoms with Crippen LogP contribution >= 0.6 is 0 Å². The van der Waals surface area contributed by atoms with Crippen LogP contribution in [0, 0.1) is 18.8 Å². The summed E-state index contributed by atoms with van der Waals surface area (Å²) in [6.45, 7) is 3.62. The number of rotatable bonds is 4. The molecule has 0 saturated carbocycles. The number of aromatic nitrogens is 5. The van der Waals surface area contributed by atoms with E-state index in [1.54, 1.807) is 40.5 Å². The number of pyridine rings is 1. The van der Waals surface area contributed by atoms with E-state index in [1.165, 1.54) is 12.7 Å². The fraction of sp³-hybridized carbons (Fsp3) is 0.100. The summed E-state index contributed by atoms with van der Waals surface area (Å²) < 4.78 is 8.20. The molecule has 1 amide bonds. The van der Waals surface area contributed by atoms with Gasteiger partial charge < -0.3 is 9.73 Å². The first-order chi connectivity index (χ1) is 19.0. The number of benzene rings is 2. The summed E-state index contributed by atoms with van der Waals surface area (Å²) in [5, 5.41) is 8.63. The summed E-state index contributed by atoms with van der Waals surface area (Å²) in [4.78, 5) is 35.9. The number of nitrogens with one attached hydrogen (secondary N) is 1. The van der Waals surface area contributed by atoms with Crippen molar-refractivity contribution in [3.8, 4) is 17.5 Å². The number of hydrogen-bond acceptors (Lipinski definition) is 6. The molecule has 9 nitrogen and oxygen atoms in total. The van der Waals surface area contributed by atoms with Gasteiger partial charge in [-0.2, -0.15) is 5.10 Å². The molecule has 2 aromatic carbocycles. The molecule has 4 aromatic heterocycles. The highest BCUT2D eigenvalue weighted by molar-refractivity contribution is 6.01. The van der Waals surface area contributed by atoms with Crippen LogP contribution in [-0.4, -0.2) is 30.1 Å². The first-order valence-corrected chi connectivity index (χ1v) is 12.3. The summed E-state index contributed by atoms with van der Waals surface area (Å²) in [6, 6.07) is 18.0. The van der Waals surface area contributed by atoms with Gasteiger partial charge in [0.2, 0.25) is 0 Å². The van der Waals surface area contributed by atoms with Crippen LogP contribution in [0.1, 0.15) is 46.0 Å². The van der Waals surface area contributed by atoms with Crippen molar-refractivity contribution in [2.75, 3.05) is 0 Å². The van der Waals surface area contributed by atoms with Crippen molar-refractivity contribution in [1.29, 1.82) is 0 Å². The van der Waals surface area contributed by atoms with Crippen LogP contribution in [0.3, 0.4) is 0 Å². The van der Waals surface area contributed by atoms with E-state index in [1.807, 2.05) is 55.5 Å². The Morgan fingerprint density at radius 1 is 1.05 bits per heavy atom. The van der Waals surface area contributed by atoms with Crippen molar-refractivity contribution in [3.05, 3.63) is 124 Å². The Kier molecular flexibility index (Phi) is 5.98. The summed E-state index contributed by atoms with van der Waals surface area (Å²) >= 11 is 0. The molecule has 0 aliphatic carbocycles. The third-order valence-corrected chi connectivity index (χ3v) is 6.44. The number of oxazole rings is 1. The van der Waals surface area contributed by atoms with Gasteiger partial charge in [0.15, 0.2) is 17.7 Å². The Morgan fingerprint density at radius 3 is 2.69 bits per heavy atom. The number of aryl methyl sites for hydroxylation is 1. The highest BCUT2D eigenvalue weighted by Crippen LogP contribution is 2.24. The quantitative estimate of drug-likeness (QED) is 0.353. The van der Waals surface area contributed by atoms with E-state index >= 15 is 0 Å². The van der Waals surface area contributed by atoms with Gasteiger partial charge in [-0.15, -0.1) is 0 Å². The van der Waals surface area contributed by atoms with Crippen molar-refractivity contribution in [2.24, 2.45) is 0 Å². The molecule has 0 saturated heterocycles. The van der Waals surface area contributed by atoms with Gasteiger partial charge in [-0.3, -0.25) is 14.2 Å². The van der Waals surface area contributed by atoms with Crippen LogP contribution in [0.25, 0.3) is 22.1 Å². The van der Waals surface area contributed by atoms with Gasteiger partial charge in [-0.1, -0.05) is 36.3 Å². The Bertz CT molecular complexity index is 1960. The minimum atomic E-state index is -0.530. The average Bonchev–Trinajstić information content (AvgIpc) is 3.59. The maximum atomic E-state index is 14.1. The smallest absolute Gasteiger partial charge is 0.264 e. The SMILES string of the molecule is Cc1nn2cccnc2c1C(=O)N[C@H](C)c1cc2cccc(C#Cc3cocn3)c2c(=O)n1-c1ccccc1. The van der Waals surface area contributed by atoms with Crippen molar-refractivity contribution in [3.63, 3.8) is 0 Å². The Morgan fingerprint density at radius 2 is 1.90 bits per heavy atom. The second-order valence-corrected chi connectivity index (χ2v) is 8.98. The van der Waals surface area contributed by atoms with Crippen LogP contribution in [-0.2, 0) is 0 Å². The van der Waals surface area contributed by atoms with Gasteiger partial charge >= 0.3 is 0 Å². The highest BCUT2D eigenvalue weighted by atomic mass is 16.3. The fourth-order valence-corrected chi connectivity index (χ4v) is 4.66. The number of carbonyl (C=O) groups excluding carboxylic acids is 1. The first kappa shape index (κ1) is 23.9. The molecule has 0 unspecified atom stereocenters. The number of amides is 1. The van der Waals surface area contributed by atoms with E-state index in [4.69, 9.17) is 4.42 Å². The molecule has 0 bridgehead atoms. The highest BCUT2D eigenvalue weighted by Gasteiger charge is 2.23. The molecule has 0 aliphatic heterocycles. The normalized spacial score (nSPS) is 11.7. The summed E-state index contributed by atoms with van der Waals surface area (Å²) in [7, 11) is 0. The minimum absolute atomic E-state index is 0.242. The molecule has 6 aromatic rings. The van der Waals surface area contributed by atoms with Gasteiger partial charge in [0.05, 0.1) is 17.1 Å². The predicted octanol–water partition coefficient (Wildman–Crippen LogP) is 4.22. The molecular weight excluding hydrogens is 492 g/mol. The lowest BCUT2D eigenvalue weighted by Gasteiger charge is -2.21. The molecule has 39 heavy (non-hydrogen) atoms. The van der Waals surface area contributed by atoms with Crippen LogP contribution in [0.2, 0.25) is 0 Å². The predicted molar refractivity (Wildman–Crippen MR) is 146 cm³/mol. The number of fused-ring (bicyclic) bond motifs is 2. The molecule has 9 heteroatoms. The van der Waals surface area contributed by atoms with Gasteiger partial charge in [-0.25, -0.2) is 14.5 Å². The van der Waals surface area contributed by atoms with Gasteiger partial charge in [0.1, 0.15) is 11.8 Å². The van der Waals surface area contributed by atoms with Crippen molar-refractivity contribution < 1.29 is 9.21 Å². The van der Waals surface area contributed by atoms with E-state index in [-0.39, 0.29) is 11.5 Å². The van der Waals surface area contributed by atoms with Gasteiger partial charge in [-0.05, 0) is 55.5 Å². The van der Waals surface area contributed by atoms with E-state index in [0.29, 0.717) is 50.3 Å². The van der Waals surface area contributed by atoms with Crippen molar-refractivity contribution in [2.45, 2.75) is 19.9 Å².